The van der Waals surface area contributed by atoms with Crippen LogP contribution in [-0.4, -0.2) is 76.9 Å². The highest BCUT2D eigenvalue weighted by molar-refractivity contribution is 6.31. The molecule has 10 nitrogen and oxygen atoms in total. The SMILES string of the molecule is C=O.C=O.CC.CNc1ccc(Cl)cc1C(=O)N1CCCCCC1c1cc2nc(N3CC(O)C3)c(C)cn2n1. The Bertz CT molecular complexity index is 1230. The molecule has 0 bridgehead atoms. The van der Waals surface area contributed by atoms with E-state index in [0.29, 0.717) is 30.2 Å². The van der Waals surface area contributed by atoms with Crippen LogP contribution in [0.5, 0.6) is 0 Å². The van der Waals surface area contributed by atoms with Crippen molar-refractivity contribution in [2.75, 3.05) is 36.9 Å². The molecule has 2 N–H and O–H groups in total. The van der Waals surface area contributed by atoms with Crippen molar-refractivity contribution in [2.24, 2.45) is 0 Å². The molecule has 2 aromatic heterocycles. The predicted octanol–water partition coefficient (Wildman–Crippen LogP) is 4.33. The van der Waals surface area contributed by atoms with E-state index in [-0.39, 0.29) is 18.1 Å². The Morgan fingerprint density at radius 1 is 1.10 bits per heavy atom. The van der Waals surface area contributed by atoms with Gasteiger partial charge in [0.25, 0.3) is 5.91 Å². The summed E-state index contributed by atoms with van der Waals surface area (Å²) in [6, 6.07) is 7.23. The van der Waals surface area contributed by atoms with Crippen molar-refractivity contribution >= 4 is 48.2 Å². The predicted molar refractivity (Wildman–Crippen MR) is 155 cm³/mol. The Hall–Kier alpha value is -3.50. The Labute approximate surface area is 235 Å². The molecule has 0 radical (unpaired) electrons. The summed E-state index contributed by atoms with van der Waals surface area (Å²) in [4.78, 5) is 38.5. The smallest absolute Gasteiger partial charge is 0.256 e. The molecule has 212 valence electrons. The summed E-state index contributed by atoms with van der Waals surface area (Å²) in [5.74, 6) is 0.843. The number of likely N-dealkylation sites (tertiary alicyclic amines) is 1. The molecule has 5 rings (SSSR count). The molecule has 39 heavy (non-hydrogen) atoms. The number of fused-ring (bicyclic) bond motifs is 1. The molecule has 1 amide bonds. The third-order valence-corrected chi connectivity index (χ3v) is 6.86. The highest BCUT2D eigenvalue weighted by atomic mass is 35.5. The van der Waals surface area contributed by atoms with Crippen LogP contribution in [0, 0.1) is 6.92 Å². The number of hydrogen-bond acceptors (Lipinski definition) is 8. The first-order chi connectivity index (χ1) is 18.9. The minimum Gasteiger partial charge on any atom is -0.389 e. The van der Waals surface area contributed by atoms with E-state index in [1.54, 1.807) is 16.6 Å². The molecule has 0 saturated carbocycles. The van der Waals surface area contributed by atoms with Gasteiger partial charge in [0.1, 0.15) is 19.4 Å². The van der Waals surface area contributed by atoms with Crippen molar-refractivity contribution in [1.82, 2.24) is 19.5 Å². The summed E-state index contributed by atoms with van der Waals surface area (Å²) in [7, 11) is 1.81. The van der Waals surface area contributed by atoms with Gasteiger partial charge in [0.05, 0.1) is 23.4 Å². The third-order valence-electron chi connectivity index (χ3n) is 6.62. The zero-order valence-corrected chi connectivity index (χ0v) is 23.9. The monoisotopic (exact) mass is 558 g/mol. The van der Waals surface area contributed by atoms with Gasteiger partial charge in [0.2, 0.25) is 0 Å². The van der Waals surface area contributed by atoms with Gasteiger partial charge in [-0.3, -0.25) is 4.79 Å². The quantitative estimate of drug-likeness (QED) is 0.485. The summed E-state index contributed by atoms with van der Waals surface area (Å²) in [6.45, 7) is 11.9. The van der Waals surface area contributed by atoms with Gasteiger partial charge in [-0.2, -0.15) is 5.10 Å². The summed E-state index contributed by atoms with van der Waals surface area (Å²) in [5.41, 5.74) is 3.96. The van der Waals surface area contributed by atoms with E-state index in [4.69, 9.17) is 31.3 Å². The van der Waals surface area contributed by atoms with Crippen molar-refractivity contribution in [3.05, 3.63) is 52.3 Å². The molecule has 1 atom stereocenters. The summed E-state index contributed by atoms with van der Waals surface area (Å²) >= 11 is 6.23. The van der Waals surface area contributed by atoms with E-state index in [1.165, 1.54) is 0 Å². The Morgan fingerprint density at radius 3 is 2.44 bits per heavy atom. The molecule has 1 unspecified atom stereocenters. The maximum absolute atomic E-state index is 13.7. The largest absolute Gasteiger partial charge is 0.389 e. The first kappa shape index (κ1) is 31.7. The molecule has 2 fully saturated rings. The molecule has 11 heteroatoms. The van der Waals surface area contributed by atoms with Gasteiger partial charge in [-0.15, -0.1) is 0 Å². The number of aliphatic hydroxyl groups is 1. The molecular formula is C28H39ClN6O4. The van der Waals surface area contributed by atoms with Crippen LogP contribution in [0.4, 0.5) is 11.5 Å². The van der Waals surface area contributed by atoms with Gasteiger partial charge >= 0.3 is 0 Å². The number of benzene rings is 1. The van der Waals surface area contributed by atoms with E-state index >= 15 is 0 Å². The lowest BCUT2D eigenvalue weighted by Crippen LogP contribution is -2.51. The van der Waals surface area contributed by atoms with Crippen LogP contribution in [0.25, 0.3) is 5.65 Å². The van der Waals surface area contributed by atoms with E-state index in [2.05, 4.69) is 10.2 Å². The van der Waals surface area contributed by atoms with Crippen molar-refractivity contribution < 1.29 is 19.5 Å². The fraction of sp³-hybridized carbons (Fsp3) is 0.464. The first-order valence-corrected chi connectivity index (χ1v) is 13.5. The Kier molecular flexibility index (Phi) is 12.3. The zero-order chi connectivity index (χ0) is 29.1. The fourth-order valence-electron chi connectivity index (χ4n) is 4.86. The number of hydrogen-bond donors (Lipinski definition) is 2. The lowest BCUT2D eigenvalue weighted by molar-refractivity contribution is -0.0987. The number of nitrogens with one attached hydrogen (secondary N) is 1. The number of nitrogens with zero attached hydrogens (tertiary/aromatic N) is 5. The van der Waals surface area contributed by atoms with Crippen molar-refractivity contribution in [3.63, 3.8) is 0 Å². The van der Waals surface area contributed by atoms with Crippen LogP contribution >= 0.6 is 11.6 Å². The molecule has 2 aliphatic rings. The minimum absolute atomic E-state index is 0.0369. The maximum Gasteiger partial charge on any atom is 0.256 e. The number of carbonyl (C=O) groups is 3. The number of anilines is 2. The second-order valence-corrected chi connectivity index (χ2v) is 9.42. The van der Waals surface area contributed by atoms with Crippen LogP contribution in [0.15, 0.2) is 30.5 Å². The van der Waals surface area contributed by atoms with Gasteiger partial charge in [-0.05, 0) is 38.0 Å². The number of aryl methyl sites for hydroxylation is 1. The number of halogens is 1. The number of amides is 1. The Morgan fingerprint density at radius 2 is 1.79 bits per heavy atom. The van der Waals surface area contributed by atoms with Crippen molar-refractivity contribution in [3.8, 4) is 0 Å². The molecule has 0 aliphatic carbocycles. The third kappa shape index (κ3) is 7.13. The van der Waals surface area contributed by atoms with E-state index < -0.39 is 0 Å². The number of β-amino-alcohol motifs (C(OH)–C–C–N with tert-alkyl or cyclic N) is 1. The molecule has 2 aliphatic heterocycles. The van der Waals surface area contributed by atoms with Gasteiger partial charge in [0, 0.05) is 55.2 Å². The van der Waals surface area contributed by atoms with Crippen LogP contribution in [0.1, 0.15) is 67.2 Å². The van der Waals surface area contributed by atoms with Crippen LogP contribution < -0.4 is 10.2 Å². The van der Waals surface area contributed by atoms with Crippen LogP contribution in [0.2, 0.25) is 5.02 Å². The highest BCUT2D eigenvalue weighted by Gasteiger charge is 2.32. The van der Waals surface area contributed by atoms with Crippen molar-refractivity contribution in [1.29, 1.82) is 0 Å². The Balaban J connectivity index is 0.000000833. The average molecular weight is 559 g/mol. The number of rotatable bonds is 4. The zero-order valence-electron chi connectivity index (χ0n) is 23.2. The lowest BCUT2D eigenvalue weighted by Gasteiger charge is -2.37. The summed E-state index contributed by atoms with van der Waals surface area (Å²) in [5, 5.41) is 18.2. The van der Waals surface area contributed by atoms with Crippen LogP contribution in [0.3, 0.4) is 0 Å². The molecule has 0 spiro atoms. The number of aliphatic hydroxyl groups excluding tert-OH is 1. The van der Waals surface area contributed by atoms with Gasteiger partial charge < -0.3 is 29.8 Å². The molecule has 3 aromatic rings. The molecule has 2 saturated heterocycles. The second kappa shape index (κ2) is 15.2. The summed E-state index contributed by atoms with van der Waals surface area (Å²) in [6.07, 6.45) is 5.63. The van der Waals surface area contributed by atoms with Gasteiger partial charge in [-0.25, -0.2) is 9.50 Å². The average Bonchev–Trinajstić information content (AvgIpc) is 3.20. The van der Waals surface area contributed by atoms with Gasteiger partial charge in [0.15, 0.2) is 5.65 Å². The standard InChI is InChI=1S/C24H29ClN6O2.C2H6.2CH2O/c1-15-12-31-22(27-23(15)29-13-17(32)14-29)11-20(28-31)21-6-4-3-5-9-30(21)24(33)18-10-16(25)7-8-19(18)26-2;3*1-2/h7-8,10-12,17,21,26,32H,3-6,9,13-14H2,1-2H3;1-2H3;2*1H2. The normalized spacial score (nSPS) is 16.8. The summed E-state index contributed by atoms with van der Waals surface area (Å²) < 4.78 is 1.80. The highest BCUT2D eigenvalue weighted by Crippen LogP contribution is 2.33. The first-order valence-electron chi connectivity index (χ1n) is 13.1. The lowest BCUT2D eigenvalue weighted by atomic mass is 10.0. The topological polar surface area (TPSA) is 120 Å². The second-order valence-electron chi connectivity index (χ2n) is 8.98. The van der Waals surface area contributed by atoms with Crippen molar-refractivity contribution in [2.45, 2.75) is 58.6 Å². The molecule has 4 heterocycles. The number of carbonyl (C=O) groups excluding carboxylic acids is 3. The number of aromatic nitrogens is 3. The van der Waals surface area contributed by atoms with E-state index in [9.17, 15) is 9.90 Å². The minimum atomic E-state index is -0.289. The molecule has 1 aromatic carbocycles. The van der Waals surface area contributed by atoms with Gasteiger partial charge in [-0.1, -0.05) is 38.3 Å². The fourth-order valence-corrected chi connectivity index (χ4v) is 5.03. The molecular weight excluding hydrogens is 520 g/mol. The maximum atomic E-state index is 13.7. The van der Waals surface area contributed by atoms with E-state index in [1.807, 2.05) is 64.6 Å². The van der Waals surface area contributed by atoms with Crippen LogP contribution in [-0.2, 0) is 9.59 Å². The van der Waals surface area contributed by atoms with E-state index in [0.717, 1.165) is 54.1 Å².